The van der Waals surface area contributed by atoms with E-state index < -0.39 is 0 Å². The second-order valence-electron chi connectivity index (χ2n) is 7.24. The molecule has 3 rings (SSSR count). The highest BCUT2D eigenvalue weighted by molar-refractivity contribution is 5.67. The number of ether oxygens (including phenoxy) is 2. The summed E-state index contributed by atoms with van der Waals surface area (Å²) in [6.07, 6.45) is 4.63. The molecule has 0 aromatic heterocycles. The molecule has 0 bridgehead atoms. The molecule has 138 valence electrons. The van der Waals surface area contributed by atoms with Gasteiger partial charge in [0.2, 0.25) is 0 Å². The molecule has 0 atom stereocenters. The standard InChI is InChI=1S/C20H30N2O3/c23-20(25-16-19-4-2-1-3-5-19)21-14-17-6-8-18(9-7-17)15-22-10-12-24-13-11-22/h1-5,17-18H,6-16H2,(H,21,23). The van der Waals surface area contributed by atoms with Crippen molar-refractivity contribution in [2.45, 2.75) is 32.3 Å². The number of amides is 1. The lowest BCUT2D eigenvalue weighted by molar-refractivity contribution is 0.0264. The van der Waals surface area contributed by atoms with E-state index >= 15 is 0 Å². The summed E-state index contributed by atoms with van der Waals surface area (Å²) >= 11 is 0. The Bertz CT molecular complexity index is 509. The summed E-state index contributed by atoms with van der Waals surface area (Å²) in [6.45, 7) is 6.19. The summed E-state index contributed by atoms with van der Waals surface area (Å²) in [5.74, 6) is 1.39. The Morgan fingerprint density at radius 2 is 1.76 bits per heavy atom. The Morgan fingerprint density at radius 3 is 2.48 bits per heavy atom. The molecule has 1 amide bonds. The average molecular weight is 346 g/mol. The lowest BCUT2D eigenvalue weighted by Crippen LogP contribution is -2.40. The molecule has 0 radical (unpaired) electrons. The number of hydrogen-bond donors (Lipinski definition) is 1. The molecule has 1 aromatic rings. The second kappa shape index (κ2) is 9.78. The number of benzene rings is 1. The third kappa shape index (κ3) is 6.33. The molecule has 1 heterocycles. The molecule has 1 saturated carbocycles. The Labute approximate surface area is 150 Å². The van der Waals surface area contributed by atoms with Gasteiger partial charge in [0.15, 0.2) is 0 Å². The van der Waals surface area contributed by atoms with Crippen LogP contribution in [0.15, 0.2) is 30.3 Å². The van der Waals surface area contributed by atoms with Crippen LogP contribution in [-0.4, -0.2) is 50.4 Å². The summed E-state index contributed by atoms with van der Waals surface area (Å²) in [5, 5.41) is 2.93. The van der Waals surface area contributed by atoms with E-state index in [4.69, 9.17) is 9.47 Å². The Morgan fingerprint density at radius 1 is 1.08 bits per heavy atom. The first-order chi connectivity index (χ1) is 12.3. The van der Waals surface area contributed by atoms with Crippen molar-refractivity contribution in [3.63, 3.8) is 0 Å². The van der Waals surface area contributed by atoms with Gasteiger partial charge in [-0.3, -0.25) is 4.90 Å². The molecule has 2 fully saturated rings. The number of rotatable bonds is 6. The van der Waals surface area contributed by atoms with E-state index in [1.165, 1.54) is 32.2 Å². The van der Waals surface area contributed by atoms with Crippen LogP contribution >= 0.6 is 0 Å². The third-order valence-corrected chi connectivity index (χ3v) is 5.33. The van der Waals surface area contributed by atoms with E-state index in [2.05, 4.69) is 10.2 Å². The minimum absolute atomic E-state index is 0.306. The van der Waals surface area contributed by atoms with Gasteiger partial charge in [-0.1, -0.05) is 30.3 Å². The highest BCUT2D eigenvalue weighted by Gasteiger charge is 2.24. The van der Waals surface area contributed by atoms with Crippen molar-refractivity contribution in [3.8, 4) is 0 Å². The predicted octanol–water partition coefficient (Wildman–Crippen LogP) is 3.05. The van der Waals surface area contributed by atoms with Crippen molar-refractivity contribution < 1.29 is 14.3 Å². The van der Waals surface area contributed by atoms with Crippen molar-refractivity contribution in [3.05, 3.63) is 35.9 Å². The fraction of sp³-hybridized carbons (Fsp3) is 0.650. The Kier molecular flexibility index (Phi) is 7.12. The number of carbonyl (C=O) groups is 1. The molecule has 1 saturated heterocycles. The minimum atomic E-state index is -0.306. The first-order valence-electron chi connectivity index (χ1n) is 9.54. The lowest BCUT2D eigenvalue weighted by Gasteiger charge is -2.34. The van der Waals surface area contributed by atoms with Gasteiger partial charge >= 0.3 is 6.09 Å². The van der Waals surface area contributed by atoms with Crippen LogP contribution in [0.3, 0.4) is 0 Å². The predicted molar refractivity (Wildman–Crippen MR) is 97.3 cm³/mol. The molecule has 0 unspecified atom stereocenters. The summed E-state index contributed by atoms with van der Waals surface area (Å²) in [4.78, 5) is 14.4. The summed E-state index contributed by atoms with van der Waals surface area (Å²) in [7, 11) is 0. The number of nitrogens with zero attached hydrogens (tertiary/aromatic N) is 1. The first-order valence-corrected chi connectivity index (χ1v) is 9.54. The number of nitrogens with one attached hydrogen (secondary N) is 1. The van der Waals surface area contributed by atoms with Gasteiger partial charge < -0.3 is 14.8 Å². The van der Waals surface area contributed by atoms with E-state index in [0.29, 0.717) is 12.5 Å². The van der Waals surface area contributed by atoms with Gasteiger partial charge in [0, 0.05) is 26.2 Å². The van der Waals surface area contributed by atoms with Crippen LogP contribution < -0.4 is 5.32 Å². The van der Waals surface area contributed by atoms with Crippen molar-refractivity contribution in [2.75, 3.05) is 39.4 Å². The number of alkyl carbamates (subject to hydrolysis) is 1. The van der Waals surface area contributed by atoms with Gasteiger partial charge in [-0.2, -0.15) is 0 Å². The van der Waals surface area contributed by atoms with Gasteiger partial charge in [-0.05, 0) is 43.1 Å². The molecule has 0 spiro atoms. The zero-order valence-corrected chi connectivity index (χ0v) is 15.0. The van der Waals surface area contributed by atoms with Gasteiger partial charge in [0.1, 0.15) is 6.61 Å². The molecule has 2 aliphatic rings. The lowest BCUT2D eigenvalue weighted by atomic mass is 9.81. The van der Waals surface area contributed by atoms with Crippen molar-refractivity contribution >= 4 is 6.09 Å². The maximum atomic E-state index is 11.8. The highest BCUT2D eigenvalue weighted by Crippen LogP contribution is 2.29. The second-order valence-corrected chi connectivity index (χ2v) is 7.24. The van der Waals surface area contributed by atoms with E-state index in [-0.39, 0.29) is 6.09 Å². The molecule has 1 aliphatic heterocycles. The van der Waals surface area contributed by atoms with Crippen molar-refractivity contribution in [1.82, 2.24) is 10.2 Å². The van der Waals surface area contributed by atoms with Gasteiger partial charge in [-0.25, -0.2) is 4.79 Å². The maximum absolute atomic E-state index is 11.8. The van der Waals surface area contributed by atoms with E-state index in [9.17, 15) is 4.79 Å². The number of hydrogen-bond acceptors (Lipinski definition) is 4. The highest BCUT2D eigenvalue weighted by atomic mass is 16.5. The summed E-state index contributed by atoms with van der Waals surface area (Å²) < 4.78 is 10.7. The van der Waals surface area contributed by atoms with E-state index in [1.807, 2.05) is 30.3 Å². The molecule has 5 nitrogen and oxygen atoms in total. The zero-order chi connectivity index (χ0) is 17.3. The van der Waals surface area contributed by atoms with Gasteiger partial charge in [-0.15, -0.1) is 0 Å². The molecule has 1 N–H and O–H groups in total. The maximum Gasteiger partial charge on any atom is 0.407 e. The van der Waals surface area contributed by atoms with E-state index in [1.54, 1.807) is 0 Å². The number of carbonyl (C=O) groups excluding carboxylic acids is 1. The fourth-order valence-corrected chi connectivity index (χ4v) is 3.77. The molecule has 1 aromatic carbocycles. The Hall–Kier alpha value is -1.59. The zero-order valence-electron chi connectivity index (χ0n) is 15.0. The van der Waals surface area contributed by atoms with Gasteiger partial charge in [0.25, 0.3) is 0 Å². The van der Waals surface area contributed by atoms with Crippen LogP contribution in [0.1, 0.15) is 31.2 Å². The summed E-state index contributed by atoms with van der Waals surface area (Å²) in [6, 6.07) is 9.78. The smallest absolute Gasteiger partial charge is 0.407 e. The van der Waals surface area contributed by atoms with Gasteiger partial charge in [0.05, 0.1) is 13.2 Å². The molecule has 1 aliphatic carbocycles. The molecular weight excluding hydrogens is 316 g/mol. The van der Waals surface area contributed by atoms with E-state index in [0.717, 1.165) is 44.3 Å². The molecular formula is C20H30N2O3. The number of morpholine rings is 1. The molecule has 5 heteroatoms. The molecule has 25 heavy (non-hydrogen) atoms. The SMILES string of the molecule is O=C(NCC1CCC(CN2CCOCC2)CC1)OCc1ccccc1. The van der Waals surface area contributed by atoms with Crippen LogP contribution in [0, 0.1) is 11.8 Å². The Balaban J connectivity index is 1.27. The first kappa shape index (κ1) is 18.2. The van der Waals surface area contributed by atoms with Crippen LogP contribution in [0.25, 0.3) is 0 Å². The fourth-order valence-electron chi connectivity index (χ4n) is 3.77. The normalized spacial score (nSPS) is 24.6. The quantitative estimate of drug-likeness (QED) is 0.860. The van der Waals surface area contributed by atoms with Crippen molar-refractivity contribution in [2.24, 2.45) is 11.8 Å². The van der Waals surface area contributed by atoms with Crippen molar-refractivity contribution in [1.29, 1.82) is 0 Å². The summed E-state index contributed by atoms with van der Waals surface area (Å²) in [5.41, 5.74) is 1.02. The topological polar surface area (TPSA) is 50.8 Å². The average Bonchev–Trinajstić information content (AvgIpc) is 2.67. The van der Waals surface area contributed by atoms with Crippen LogP contribution in [0.5, 0.6) is 0 Å². The minimum Gasteiger partial charge on any atom is -0.445 e. The van der Waals surface area contributed by atoms with Crippen LogP contribution in [-0.2, 0) is 16.1 Å². The monoisotopic (exact) mass is 346 g/mol. The largest absolute Gasteiger partial charge is 0.445 e. The van der Waals surface area contributed by atoms with Crippen LogP contribution in [0.2, 0.25) is 0 Å². The third-order valence-electron chi connectivity index (χ3n) is 5.33. The van der Waals surface area contributed by atoms with Crippen LogP contribution in [0.4, 0.5) is 4.79 Å².